The van der Waals surface area contributed by atoms with Gasteiger partial charge in [-0.1, -0.05) is 0 Å². The second-order valence-electron chi connectivity index (χ2n) is 4.43. The van der Waals surface area contributed by atoms with Gasteiger partial charge < -0.3 is 15.7 Å². The zero-order valence-corrected chi connectivity index (χ0v) is 11.5. The minimum absolute atomic E-state index is 0.116. The van der Waals surface area contributed by atoms with Crippen LogP contribution < -0.4 is 10.6 Å². The molecule has 1 aromatic heterocycles. The van der Waals surface area contributed by atoms with Crippen LogP contribution in [-0.2, 0) is 6.54 Å². The minimum atomic E-state index is -0.116. The van der Waals surface area contributed by atoms with Crippen LogP contribution in [0.2, 0.25) is 0 Å². The van der Waals surface area contributed by atoms with E-state index in [4.69, 9.17) is 0 Å². The van der Waals surface area contributed by atoms with E-state index in [1.54, 1.807) is 31.3 Å². The minimum Gasteiger partial charge on any atom is -0.506 e. The van der Waals surface area contributed by atoms with Crippen molar-refractivity contribution in [1.82, 2.24) is 10.3 Å². The predicted octanol–water partition coefficient (Wildman–Crippen LogP) is 2.07. The molecule has 0 saturated heterocycles. The van der Waals surface area contributed by atoms with Crippen molar-refractivity contribution in [2.24, 2.45) is 0 Å². The van der Waals surface area contributed by atoms with E-state index in [0.29, 0.717) is 17.8 Å². The van der Waals surface area contributed by atoms with Crippen LogP contribution in [0.3, 0.4) is 0 Å². The average Bonchev–Trinajstić information content (AvgIpc) is 2.48. The Kier molecular flexibility index (Phi) is 4.20. The molecule has 0 aliphatic heterocycles. The van der Waals surface area contributed by atoms with Crippen molar-refractivity contribution >= 4 is 11.6 Å². The quantitative estimate of drug-likeness (QED) is 0.796. The molecule has 2 aromatic rings. The van der Waals surface area contributed by atoms with Crippen molar-refractivity contribution in [1.29, 1.82) is 0 Å². The molecule has 0 bridgehead atoms. The molecule has 0 saturated carbocycles. The number of anilines is 1. The summed E-state index contributed by atoms with van der Waals surface area (Å²) in [5, 5.41) is 15.4. The second-order valence-corrected chi connectivity index (χ2v) is 4.43. The summed E-state index contributed by atoms with van der Waals surface area (Å²) >= 11 is 0. The number of hydrogen-bond acceptors (Lipinski definition) is 4. The first kappa shape index (κ1) is 13.9. The summed E-state index contributed by atoms with van der Waals surface area (Å²) in [5.41, 5.74) is 2.92. The van der Waals surface area contributed by atoms with Crippen LogP contribution in [-0.4, -0.2) is 23.0 Å². The maximum atomic E-state index is 11.4. The van der Waals surface area contributed by atoms with Gasteiger partial charge in [0.2, 0.25) is 0 Å². The summed E-state index contributed by atoms with van der Waals surface area (Å²) in [7, 11) is 1.60. The summed E-state index contributed by atoms with van der Waals surface area (Å²) in [6.07, 6.45) is 0. The zero-order chi connectivity index (χ0) is 14.5. The molecule has 0 spiro atoms. The zero-order valence-electron chi connectivity index (χ0n) is 11.5. The summed E-state index contributed by atoms with van der Waals surface area (Å²) < 4.78 is 0. The number of rotatable bonds is 4. The van der Waals surface area contributed by atoms with Crippen molar-refractivity contribution in [2.75, 3.05) is 12.4 Å². The third-order valence-electron chi connectivity index (χ3n) is 2.92. The standard InChI is InChI=1S/C15H17N3O2/c1-10-3-8-14(19)13(18-10)9-17-12-6-4-11(5-7-12)15(20)16-2/h3-8,17,19H,9H2,1-2H3,(H,16,20). The highest BCUT2D eigenvalue weighted by atomic mass is 16.3. The number of nitrogens with one attached hydrogen (secondary N) is 2. The van der Waals surface area contributed by atoms with Gasteiger partial charge in [0.1, 0.15) is 11.4 Å². The Hall–Kier alpha value is -2.56. The fraction of sp³-hybridized carbons (Fsp3) is 0.200. The molecule has 3 N–H and O–H groups in total. The molecule has 0 fully saturated rings. The molecule has 1 amide bonds. The Bertz CT molecular complexity index is 609. The Morgan fingerprint density at radius 3 is 2.55 bits per heavy atom. The lowest BCUT2D eigenvalue weighted by Gasteiger charge is -2.09. The van der Waals surface area contributed by atoms with E-state index in [1.165, 1.54) is 0 Å². The Morgan fingerprint density at radius 2 is 1.90 bits per heavy atom. The van der Waals surface area contributed by atoms with Gasteiger partial charge in [0.05, 0.1) is 6.54 Å². The van der Waals surface area contributed by atoms with Gasteiger partial charge in [-0.25, -0.2) is 0 Å². The lowest BCUT2D eigenvalue weighted by atomic mass is 10.2. The molecule has 1 heterocycles. The number of pyridine rings is 1. The number of amides is 1. The molecular weight excluding hydrogens is 254 g/mol. The molecule has 1 aromatic carbocycles. The van der Waals surface area contributed by atoms with Crippen molar-refractivity contribution < 1.29 is 9.90 Å². The molecule has 5 nitrogen and oxygen atoms in total. The molecule has 2 rings (SSSR count). The van der Waals surface area contributed by atoms with E-state index >= 15 is 0 Å². The first-order valence-electron chi connectivity index (χ1n) is 6.31. The first-order chi connectivity index (χ1) is 9.60. The Morgan fingerprint density at radius 1 is 1.20 bits per heavy atom. The molecule has 0 aliphatic carbocycles. The van der Waals surface area contributed by atoms with E-state index in [9.17, 15) is 9.90 Å². The van der Waals surface area contributed by atoms with Gasteiger partial charge in [-0.3, -0.25) is 9.78 Å². The summed E-state index contributed by atoms with van der Waals surface area (Å²) in [6, 6.07) is 10.5. The number of carbonyl (C=O) groups excluding carboxylic acids is 1. The van der Waals surface area contributed by atoms with Gasteiger partial charge in [0.25, 0.3) is 5.91 Å². The van der Waals surface area contributed by atoms with Gasteiger partial charge in [-0.15, -0.1) is 0 Å². The lowest BCUT2D eigenvalue weighted by Crippen LogP contribution is -2.17. The van der Waals surface area contributed by atoms with E-state index < -0.39 is 0 Å². The monoisotopic (exact) mass is 271 g/mol. The molecule has 0 radical (unpaired) electrons. The largest absolute Gasteiger partial charge is 0.506 e. The van der Waals surface area contributed by atoms with Crippen molar-refractivity contribution in [3.8, 4) is 5.75 Å². The molecule has 5 heteroatoms. The van der Waals surface area contributed by atoms with Crippen LogP contribution in [0.15, 0.2) is 36.4 Å². The van der Waals surface area contributed by atoms with Crippen molar-refractivity contribution in [3.05, 3.63) is 53.3 Å². The maximum Gasteiger partial charge on any atom is 0.251 e. The van der Waals surface area contributed by atoms with E-state index in [2.05, 4.69) is 15.6 Å². The Labute approximate surface area is 117 Å². The van der Waals surface area contributed by atoms with E-state index in [1.807, 2.05) is 19.1 Å². The van der Waals surface area contributed by atoms with Crippen LogP contribution in [0.1, 0.15) is 21.7 Å². The average molecular weight is 271 g/mol. The number of aromatic nitrogens is 1. The van der Waals surface area contributed by atoms with Gasteiger partial charge >= 0.3 is 0 Å². The normalized spacial score (nSPS) is 10.1. The third-order valence-corrected chi connectivity index (χ3v) is 2.92. The summed E-state index contributed by atoms with van der Waals surface area (Å²) in [6.45, 7) is 2.30. The molecule has 104 valence electrons. The smallest absolute Gasteiger partial charge is 0.251 e. The number of nitrogens with zero attached hydrogens (tertiary/aromatic N) is 1. The number of benzene rings is 1. The highest BCUT2D eigenvalue weighted by molar-refractivity contribution is 5.94. The van der Waals surface area contributed by atoms with Gasteiger partial charge in [0, 0.05) is 24.0 Å². The third kappa shape index (κ3) is 3.26. The SMILES string of the molecule is CNC(=O)c1ccc(NCc2nc(C)ccc2O)cc1. The van der Waals surface area contributed by atoms with Crippen LogP contribution in [0.5, 0.6) is 5.75 Å². The topological polar surface area (TPSA) is 74.2 Å². The second kappa shape index (κ2) is 6.06. The van der Waals surface area contributed by atoms with E-state index in [0.717, 1.165) is 11.4 Å². The lowest BCUT2D eigenvalue weighted by molar-refractivity contribution is 0.0963. The fourth-order valence-electron chi connectivity index (χ4n) is 1.80. The van der Waals surface area contributed by atoms with E-state index in [-0.39, 0.29) is 11.7 Å². The Balaban J connectivity index is 2.04. The summed E-state index contributed by atoms with van der Waals surface area (Å²) in [4.78, 5) is 15.7. The van der Waals surface area contributed by atoms with Gasteiger partial charge in [0.15, 0.2) is 0 Å². The van der Waals surface area contributed by atoms with Crippen molar-refractivity contribution in [2.45, 2.75) is 13.5 Å². The number of carbonyl (C=O) groups is 1. The van der Waals surface area contributed by atoms with Gasteiger partial charge in [-0.05, 0) is 43.3 Å². The fourth-order valence-corrected chi connectivity index (χ4v) is 1.80. The van der Waals surface area contributed by atoms with Crippen LogP contribution in [0.4, 0.5) is 5.69 Å². The number of hydrogen-bond donors (Lipinski definition) is 3. The molecule has 0 atom stereocenters. The summed E-state index contributed by atoms with van der Waals surface area (Å²) in [5.74, 6) is 0.0552. The van der Waals surface area contributed by atoms with Crippen LogP contribution in [0, 0.1) is 6.92 Å². The van der Waals surface area contributed by atoms with Crippen LogP contribution in [0.25, 0.3) is 0 Å². The number of aromatic hydroxyl groups is 1. The highest BCUT2D eigenvalue weighted by Crippen LogP contribution is 2.17. The van der Waals surface area contributed by atoms with Gasteiger partial charge in [-0.2, -0.15) is 0 Å². The first-order valence-corrected chi connectivity index (χ1v) is 6.31. The van der Waals surface area contributed by atoms with Crippen molar-refractivity contribution in [3.63, 3.8) is 0 Å². The number of aryl methyl sites for hydroxylation is 1. The maximum absolute atomic E-state index is 11.4. The molecule has 20 heavy (non-hydrogen) atoms. The highest BCUT2D eigenvalue weighted by Gasteiger charge is 2.04. The predicted molar refractivity (Wildman–Crippen MR) is 77.8 cm³/mol. The van der Waals surface area contributed by atoms with Crippen LogP contribution >= 0.6 is 0 Å². The molecule has 0 unspecified atom stereocenters. The molecule has 0 aliphatic rings. The molecular formula is C15H17N3O2.